The van der Waals surface area contributed by atoms with E-state index in [-0.39, 0.29) is 37.2 Å². The topological polar surface area (TPSA) is 163 Å². The van der Waals surface area contributed by atoms with E-state index in [2.05, 4.69) is 0 Å². The molecule has 0 fully saturated rings. The van der Waals surface area contributed by atoms with Crippen molar-refractivity contribution in [3.63, 3.8) is 0 Å². The van der Waals surface area contributed by atoms with Crippen molar-refractivity contribution >= 4 is 33.7 Å². The Morgan fingerprint density at radius 2 is 1.04 bits per heavy atom. The molecule has 4 aliphatic rings. The number of hydrogen-bond donors (Lipinski definition) is 2. The van der Waals surface area contributed by atoms with Gasteiger partial charge in [0.05, 0.1) is 58.0 Å². The first-order valence-electron chi connectivity index (χ1n) is 17.2. The molecule has 6 aromatic rings. The molecule has 0 radical (unpaired) electrons. The zero-order valence-corrected chi connectivity index (χ0v) is 28.3. The molecule has 0 saturated heterocycles. The van der Waals surface area contributed by atoms with Gasteiger partial charge >= 0.3 is 11.9 Å². The highest BCUT2D eigenvalue weighted by Gasteiger charge is 2.46. The highest BCUT2D eigenvalue weighted by molar-refractivity contribution is 5.88. The Bertz CT molecular complexity index is 2510. The summed E-state index contributed by atoms with van der Waals surface area (Å²) in [7, 11) is 0. The van der Waals surface area contributed by atoms with Gasteiger partial charge in [0.25, 0.3) is 11.1 Å². The third kappa shape index (κ3) is 4.40. The molecule has 52 heavy (non-hydrogen) atoms. The number of esters is 2. The van der Waals surface area contributed by atoms with Crippen molar-refractivity contribution in [1.29, 1.82) is 0 Å². The van der Waals surface area contributed by atoms with Crippen LogP contribution in [0.25, 0.3) is 44.6 Å². The van der Waals surface area contributed by atoms with Crippen LogP contribution in [0, 0.1) is 0 Å². The average Bonchev–Trinajstić information content (AvgIpc) is 3.71. The van der Waals surface area contributed by atoms with Crippen LogP contribution in [0.4, 0.5) is 0 Å². The Morgan fingerprint density at radius 1 is 0.635 bits per heavy atom. The van der Waals surface area contributed by atoms with Crippen LogP contribution in [-0.2, 0) is 56.6 Å². The predicted octanol–water partition coefficient (Wildman–Crippen LogP) is 4.16. The Balaban J connectivity index is 0.000000138. The second kappa shape index (κ2) is 11.3. The number of nitrogens with zero attached hydrogens (tertiary/aromatic N) is 4. The molecule has 0 aliphatic carbocycles. The monoisotopic (exact) mass is 696 g/mol. The van der Waals surface area contributed by atoms with Crippen LogP contribution in [-0.4, -0.2) is 41.3 Å². The Morgan fingerprint density at radius 3 is 1.44 bits per heavy atom. The largest absolute Gasteiger partial charge is 0.458 e. The van der Waals surface area contributed by atoms with E-state index in [1.807, 2.05) is 60.7 Å². The number of para-hydroxylation sites is 2. The molecule has 0 spiro atoms. The fraction of sp³-hybridized carbons (Fsp3) is 0.250. The smallest absolute Gasteiger partial charge is 0.343 e. The van der Waals surface area contributed by atoms with Crippen molar-refractivity contribution < 1.29 is 29.3 Å². The van der Waals surface area contributed by atoms with Gasteiger partial charge in [-0.2, -0.15) is 0 Å². The normalized spacial score (nSPS) is 20.5. The van der Waals surface area contributed by atoms with E-state index in [1.165, 1.54) is 0 Å². The van der Waals surface area contributed by atoms with E-state index in [9.17, 15) is 29.4 Å². The summed E-state index contributed by atoms with van der Waals surface area (Å²) in [5, 5.41) is 23.7. The number of carbonyl (C=O) groups is 2. The first-order chi connectivity index (χ1) is 25.1. The molecule has 2 N–H and O–H groups in total. The minimum Gasteiger partial charge on any atom is -0.458 e. The third-order valence-corrected chi connectivity index (χ3v) is 10.8. The molecule has 2 aromatic carbocycles. The number of cyclic esters (lactones) is 2. The zero-order valence-electron chi connectivity index (χ0n) is 28.3. The van der Waals surface area contributed by atoms with Crippen LogP contribution in [0.15, 0.2) is 82.4 Å². The fourth-order valence-electron chi connectivity index (χ4n) is 7.85. The lowest BCUT2D eigenvalue weighted by Crippen LogP contribution is -2.44. The molecule has 8 heterocycles. The Kier molecular flexibility index (Phi) is 6.92. The standard InChI is InChI=1S/2C20H16N2O4/c2*1-2-20(25)14-8-16-17-12(7-11-5-3-4-6-15(11)21-17)9-22(16)18(23)13(14)10-26-19(20)24/h2*3-8,25H,2,9-10H2,1H3/t2*20-/m00/s1. The Hall–Kier alpha value is -5.98. The second-order valence-corrected chi connectivity index (χ2v) is 13.6. The lowest BCUT2D eigenvalue weighted by atomic mass is 9.86. The van der Waals surface area contributed by atoms with Crippen molar-refractivity contribution in [2.24, 2.45) is 0 Å². The number of aliphatic hydroxyl groups is 2. The van der Waals surface area contributed by atoms with Crippen molar-refractivity contribution in [3.8, 4) is 22.8 Å². The first-order valence-corrected chi connectivity index (χ1v) is 17.2. The van der Waals surface area contributed by atoms with E-state index in [4.69, 9.17) is 19.4 Å². The lowest BCUT2D eigenvalue weighted by Gasteiger charge is -2.31. The number of pyridine rings is 4. The summed E-state index contributed by atoms with van der Waals surface area (Å²) in [6, 6.07) is 23.1. The van der Waals surface area contributed by atoms with Crippen molar-refractivity contribution in [1.82, 2.24) is 19.1 Å². The number of ether oxygens (including phenoxy) is 2. The third-order valence-electron chi connectivity index (χ3n) is 10.8. The molecule has 12 heteroatoms. The Labute approximate surface area is 295 Å². The van der Waals surface area contributed by atoms with Gasteiger partial charge in [-0.15, -0.1) is 0 Å². The van der Waals surface area contributed by atoms with Crippen LogP contribution in [0.5, 0.6) is 0 Å². The van der Waals surface area contributed by atoms with Crippen LogP contribution < -0.4 is 11.1 Å². The predicted molar refractivity (Wildman–Crippen MR) is 189 cm³/mol. The zero-order chi connectivity index (χ0) is 36.1. The molecule has 0 unspecified atom stereocenters. The van der Waals surface area contributed by atoms with E-state index < -0.39 is 23.1 Å². The number of benzene rings is 2. The van der Waals surface area contributed by atoms with Crippen LogP contribution in [0.1, 0.15) is 60.1 Å². The molecule has 2 atom stereocenters. The number of carbonyl (C=O) groups excluding carboxylic acids is 2. The van der Waals surface area contributed by atoms with Gasteiger partial charge < -0.3 is 28.8 Å². The average molecular weight is 697 g/mol. The molecular formula is C40H32N4O8. The number of rotatable bonds is 2. The summed E-state index contributed by atoms with van der Waals surface area (Å²) in [6.07, 6.45) is 0.277. The minimum absolute atomic E-state index is 0.110. The molecule has 12 nitrogen and oxygen atoms in total. The molecular weight excluding hydrogens is 664 g/mol. The fourth-order valence-corrected chi connectivity index (χ4v) is 7.85. The van der Waals surface area contributed by atoms with Gasteiger partial charge in [0.15, 0.2) is 11.2 Å². The molecule has 0 saturated carbocycles. The quantitative estimate of drug-likeness (QED) is 0.251. The van der Waals surface area contributed by atoms with Gasteiger partial charge in [0, 0.05) is 33.0 Å². The summed E-state index contributed by atoms with van der Waals surface area (Å²) in [6.45, 7) is 4.02. The molecule has 10 rings (SSSR count). The van der Waals surface area contributed by atoms with Crippen molar-refractivity contribution in [3.05, 3.63) is 127 Å². The minimum atomic E-state index is -1.79. The maximum absolute atomic E-state index is 13.0. The van der Waals surface area contributed by atoms with E-state index in [0.29, 0.717) is 46.7 Å². The van der Waals surface area contributed by atoms with Crippen molar-refractivity contribution in [2.75, 3.05) is 0 Å². The summed E-state index contributed by atoms with van der Waals surface area (Å²) in [5.74, 6) is -1.41. The molecule has 0 bridgehead atoms. The highest BCUT2D eigenvalue weighted by Crippen LogP contribution is 2.40. The van der Waals surface area contributed by atoms with Gasteiger partial charge in [0.2, 0.25) is 0 Å². The summed E-state index contributed by atoms with van der Waals surface area (Å²) >= 11 is 0. The van der Waals surface area contributed by atoms with Gasteiger partial charge in [-0.05, 0) is 49.2 Å². The maximum Gasteiger partial charge on any atom is 0.343 e. The molecule has 4 aromatic heterocycles. The van der Waals surface area contributed by atoms with Gasteiger partial charge in [-0.1, -0.05) is 50.2 Å². The second-order valence-electron chi connectivity index (χ2n) is 13.6. The first kappa shape index (κ1) is 32.0. The summed E-state index contributed by atoms with van der Waals surface area (Å²) < 4.78 is 13.4. The van der Waals surface area contributed by atoms with Crippen molar-refractivity contribution in [2.45, 2.75) is 64.2 Å². The molecule has 0 amide bonds. The van der Waals surface area contributed by atoms with Crippen LogP contribution >= 0.6 is 0 Å². The van der Waals surface area contributed by atoms with E-state index in [0.717, 1.165) is 44.3 Å². The van der Waals surface area contributed by atoms with E-state index >= 15 is 0 Å². The number of aromatic nitrogens is 4. The maximum atomic E-state index is 13.0. The highest BCUT2D eigenvalue weighted by atomic mass is 16.6. The van der Waals surface area contributed by atoms with Gasteiger partial charge in [0.1, 0.15) is 13.2 Å². The number of hydrogen-bond acceptors (Lipinski definition) is 10. The SMILES string of the molecule is CC[C@@]1(O)C(=O)OCc2c1cc1n(c2=O)Cc2cc3ccccc3nc2-1.CC[C@@]1(O)C(=O)OCc2c1cc1n(c2=O)Cc2cc3ccccc3nc2-1. The lowest BCUT2D eigenvalue weighted by molar-refractivity contribution is -0.172. The van der Waals surface area contributed by atoms with Gasteiger partial charge in [-0.25, -0.2) is 19.6 Å². The number of fused-ring (bicyclic) bond motifs is 10. The van der Waals surface area contributed by atoms with Crippen LogP contribution in [0.3, 0.4) is 0 Å². The molecule has 260 valence electrons. The van der Waals surface area contributed by atoms with Gasteiger partial charge in [-0.3, -0.25) is 9.59 Å². The molecule has 4 aliphatic heterocycles. The van der Waals surface area contributed by atoms with Crippen LogP contribution in [0.2, 0.25) is 0 Å². The summed E-state index contributed by atoms with van der Waals surface area (Å²) in [5.41, 5.74) is 3.63. The summed E-state index contributed by atoms with van der Waals surface area (Å²) in [4.78, 5) is 59.8. The van der Waals surface area contributed by atoms with E-state index in [1.54, 1.807) is 35.1 Å².